The van der Waals surface area contributed by atoms with Crippen molar-refractivity contribution in [1.82, 2.24) is 20.9 Å². The van der Waals surface area contributed by atoms with Gasteiger partial charge in [-0.25, -0.2) is 0 Å². The fraction of sp³-hybridized carbons (Fsp3) is 0.548. The summed E-state index contributed by atoms with van der Waals surface area (Å²) in [7, 11) is 0. The van der Waals surface area contributed by atoms with Crippen molar-refractivity contribution in [3.8, 4) is 0 Å². The van der Waals surface area contributed by atoms with Crippen LogP contribution >= 0.6 is 0 Å². The van der Waals surface area contributed by atoms with E-state index in [9.17, 15) is 28.8 Å². The van der Waals surface area contributed by atoms with E-state index in [0.29, 0.717) is 30.6 Å². The topological polar surface area (TPSA) is 183 Å². The van der Waals surface area contributed by atoms with Crippen molar-refractivity contribution < 1.29 is 38.6 Å². The lowest BCUT2D eigenvalue weighted by atomic mass is 9.87. The fourth-order valence-electron chi connectivity index (χ4n) is 4.13. The predicted molar refractivity (Wildman–Crippen MR) is 163 cm³/mol. The summed E-state index contributed by atoms with van der Waals surface area (Å²) in [5.41, 5.74) is 0.390. The molecule has 0 spiro atoms. The molecule has 1 heterocycles. The average molecular weight is 616 g/mol. The number of nitrogens with zero attached hydrogens (tertiary/aromatic N) is 1. The van der Waals surface area contributed by atoms with Crippen LogP contribution in [-0.2, 0) is 40.1 Å². The fourth-order valence-corrected chi connectivity index (χ4v) is 4.13. The molecule has 0 aliphatic carbocycles. The molecule has 0 aromatic heterocycles. The van der Waals surface area contributed by atoms with Gasteiger partial charge in [0.15, 0.2) is 0 Å². The van der Waals surface area contributed by atoms with Crippen LogP contribution in [0.25, 0.3) is 0 Å². The zero-order chi connectivity index (χ0) is 32.9. The average Bonchev–Trinajstić information content (AvgIpc) is 3.29. The van der Waals surface area contributed by atoms with Crippen molar-refractivity contribution in [2.75, 3.05) is 31.6 Å². The minimum Gasteiger partial charge on any atom is -0.392 e. The van der Waals surface area contributed by atoms with E-state index in [-0.39, 0.29) is 56.6 Å². The lowest BCUT2D eigenvalue weighted by Crippen LogP contribution is -2.53. The zero-order valence-corrected chi connectivity index (χ0v) is 26.1. The monoisotopic (exact) mass is 615 g/mol. The molecule has 2 unspecified atom stereocenters. The number of hydrogen-bond donors (Lipinski definition) is 5. The molecule has 1 aromatic carbocycles. The van der Waals surface area contributed by atoms with Crippen molar-refractivity contribution in [1.29, 1.82) is 0 Å². The zero-order valence-electron chi connectivity index (χ0n) is 26.1. The first-order valence-electron chi connectivity index (χ1n) is 14.7. The predicted octanol–water partition coefficient (Wildman–Crippen LogP) is 1.02. The van der Waals surface area contributed by atoms with Gasteiger partial charge in [-0.05, 0) is 43.4 Å². The molecule has 1 aliphatic heterocycles. The first kappa shape index (κ1) is 36.1. The Bertz CT molecular complexity index is 1190. The lowest BCUT2D eigenvalue weighted by Gasteiger charge is -2.29. The Kier molecular flexibility index (Phi) is 14.2. The number of aliphatic hydroxyl groups is 1. The van der Waals surface area contributed by atoms with Crippen LogP contribution < -0.4 is 21.3 Å². The standard InChI is InChI=1S/C31H45N5O8/c1-20(2)28(29(42)33-18-25(39)34-23-8-6-22(19-37)7-9-23)35-30(43)31(4,5)14-17-44-21(3)12-15-32-24(38)13-16-36-26(40)10-11-27(36)41/h6-11,20-21,28,37H,12-19H2,1-5H3,(H,32,38)(H,33,42)(H,34,39)(H,35,43). The molecule has 0 radical (unpaired) electrons. The molecule has 44 heavy (non-hydrogen) atoms. The van der Waals surface area contributed by atoms with Crippen LogP contribution in [-0.4, -0.2) is 83.8 Å². The smallest absolute Gasteiger partial charge is 0.253 e. The first-order valence-corrected chi connectivity index (χ1v) is 14.7. The summed E-state index contributed by atoms with van der Waals surface area (Å²) in [6, 6.07) is 5.81. The molecule has 0 fully saturated rings. The molecule has 1 aliphatic rings. The van der Waals surface area contributed by atoms with E-state index in [2.05, 4.69) is 21.3 Å². The molecule has 13 nitrogen and oxygen atoms in total. The Labute approximate surface area is 258 Å². The number of ether oxygens (including phenoxy) is 1. The summed E-state index contributed by atoms with van der Waals surface area (Å²) in [6.45, 7) is 9.24. The van der Waals surface area contributed by atoms with E-state index in [4.69, 9.17) is 9.84 Å². The highest BCUT2D eigenvalue weighted by Gasteiger charge is 2.33. The van der Waals surface area contributed by atoms with Gasteiger partial charge in [-0.2, -0.15) is 0 Å². The van der Waals surface area contributed by atoms with Gasteiger partial charge < -0.3 is 31.1 Å². The third kappa shape index (κ3) is 11.9. The Hall–Kier alpha value is -4.10. The molecular formula is C31H45N5O8. The SMILES string of the molecule is CC(CCNC(=O)CCN1C(=O)C=CC1=O)OCCC(C)(C)C(=O)NC(C(=O)NCC(=O)Nc1ccc(CO)cc1)C(C)C. The Balaban J connectivity index is 1.70. The van der Waals surface area contributed by atoms with E-state index >= 15 is 0 Å². The third-order valence-corrected chi connectivity index (χ3v) is 7.16. The highest BCUT2D eigenvalue weighted by atomic mass is 16.5. The van der Waals surface area contributed by atoms with Gasteiger partial charge in [0.25, 0.3) is 11.8 Å². The van der Waals surface area contributed by atoms with Crippen molar-refractivity contribution in [3.05, 3.63) is 42.0 Å². The number of anilines is 1. The second-order valence-corrected chi connectivity index (χ2v) is 11.7. The van der Waals surface area contributed by atoms with Crippen LogP contribution in [0.15, 0.2) is 36.4 Å². The second kappa shape index (κ2) is 17.3. The summed E-state index contributed by atoms with van der Waals surface area (Å²) in [5, 5.41) is 19.9. The number of rotatable bonds is 18. The van der Waals surface area contributed by atoms with Gasteiger partial charge in [-0.15, -0.1) is 0 Å². The molecular weight excluding hydrogens is 570 g/mol. The number of carbonyl (C=O) groups excluding carboxylic acids is 6. The summed E-state index contributed by atoms with van der Waals surface area (Å²) < 4.78 is 5.83. The van der Waals surface area contributed by atoms with E-state index in [1.807, 2.05) is 6.92 Å². The number of aliphatic hydroxyl groups excluding tert-OH is 1. The van der Waals surface area contributed by atoms with Crippen molar-refractivity contribution in [2.24, 2.45) is 11.3 Å². The highest BCUT2D eigenvalue weighted by Crippen LogP contribution is 2.22. The molecule has 6 amide bonds. The van der Waals surface area contributed by atoms with Crippen LogP contribution in [0.4, 0.5) is 5.69 Å². The number of amides is 6. The van der Waals surface area contributed by atoms with Gasteiger partial charge in [0.1, 0.15) is 6.04 Å². The van der Waals surface area contributed by atoms with Crippen molar-refractivity contribution >= 4 is 41.1 Å². The quantitative estimate of drug-likeness (QED) is 0.152. The highest BCUT2D eigenvalue weighted by molar-refractivity contribution is 6.13. The van der Waals surface area contributed by atoms with Crippen molar-refractivity contribution in [2.45, 2.75) is 72.6 Å². The Morgan fingerprint density at radius 3 is 2.18 bits per heavy atom. The molecule has 2 rings (SSSR count). The van der Waals surface area contributed by atoms with Crippen LogP contribution in [0.2, 0.25) is 0 Å². The number of nitrogens with one attached hydrogen (secondary N) is 4. The number of benzene rings is 1. The van der Waals surface area contributed by atoms with E-state index < -0.39 is 35.1 Å². The minimum absolute atomic E-state index is 0.0147. The lowest BCUT2D eigenvalue weighted by molar-refractivity contribution is -0.137. The number of hydrogen-bond acceptors (Lipinski definition) is 8. The Morgan fingerprint density at radius 1 is 0.955 bits per heavy atom. The van der Waals surface area contributed by atoms with Gasteiger partial charge >= 0.3 is 0 Å². The summed E-state index contributed by atoms with van der Waals surface area (Å²) in [4.78, 5) is 74.4. The molecule has 0 saturated heterocycles. The van der Waals surface area contributed by atoms with E-state index in [1.54, 1.807) is 52.0 Å². The van der Waals surface area contributed by atoms with Crippen LogP contribution in [0.5, 0.6) is 0 Å². The third-order valence-electron chi connectivity index (χ3n) is 7.16. The molecule has 13 heteroatoms. The normalized spacial score (nSPS) is 14.4. The van der Waals surface area contributed by atoms with Gasteiger partial charge in [0.2, 0.25) is 23.6 Å². The molecule has 242 valence electrons. The molecule has 2 atom stereocenters. The molecule has 0 saturated carbocycles. The van der Waals surface area contributed by atoms with E-state index in [1.165, 1.54) is 12.2 Å². The summed E-state index contributed by atoms with van der Waals surface area (Å²) in [5.74, 6) is -2.59. The number of carbonyl (C=O) groups is 6. The maximum atomic E-state index is 13.1. The largest absolute Gasteiger partial charge is 0.392 e. The second-order valence-electron chi connectivity index (χ2n) is 11.7. The maximum absolute atomic E-state index is 13.1. The van der Waals surface area contributed by atoms with Gasteiger partial charge in [-0.1, -0.05) is 39.8 Å². The van der Waals surface area contributed by atoms with Crippen LogP contribution in [0.1, 0.15) is 59.4 Å². The van der Waals surface area contributed by atoms with Gasteiger partial charge in [0, 0.05) is 49.4 Å². The first-order chi connectivity index (χ1) is 20.7. The number of imide groups is 1. The van der Waals surface area contributed by atoms with Gasteiger partial charge in [0.05, 0.1) is 19.3 Å². The van der Waals surface area contributed by atoms with Gasteiger partial charge in [-0.3, -0.25) is 33.7 Å². The molecule has 0 bridgehead atoms. The van der Waals surface area contributed by atoms with Crippen LogP contribution in [0.3, 0.4) is 0 Å². The summed E-state index contributed by atoms with van der Waals surface area (Å²) >= 11 is 0. The Morgan fingerprint density at radius 2 is 1.59 bits per heavy atom. The summed E-state index contributed by atoms with van der Waals surface area (Å²) in [6.07, 6.45) is 3.07. The molecule has 1 aromatic rings. The maximum Gasteiger partial charge on any atom is 0.253 e. The van der Waals surface area contributed by atoms with Crippen molar-refractivity contribution in [3.63, 3.8) is 0 Å². The minimum atomic E-state index is -0.848. The van der Waals surface area contributed by atoms with Crippen LogP contribution in [0, 0.1) is 11.3 Å². The van der Waals surface area contributed by atoms with E-state index in [0.717, 1.165) is 4.90 Å². The molecule has 5 N–H and O–H groups in total.